The van der Waals surface area contributed by atoms with Crippen molar-refractivity contribution in [3.05, 3.63) is 96.3 Å². The molecule has 0 atom stereocenters. The number of hydrogen-bond acceptors (Lipinski definition) is 3. The minimum atomic E-state index is 1.04. The maximum Gasteiger partial charge on any atom is 0.101 e. The second kappa shape index (κ2) is 7.14. The van der Waals surface area contributed by atoms with Gasteiger partial charge in [-0.05, 0) is 56.3 Å². The molecule has 0 N–H and O–H groups in total. The molecule has 0 bridgehead atoms. The molecule has 0 aliphatic heterocycles. The average molecular weight is 356 g/mol. The summed E-state index contributed by atoms with van der Waals surface area (Å²) in [5, 5.41) is 1.19. The van der Waals surface area contributed by atoms with E-state index in [0.717, 1.165) is 22.6 Å². The lowest BCUT2D eigenvalue weighted by molar-refractivity contribution is 1.20. The van der Waals surface area contributed by atoms with Crippen LogP contribution in [0.4, 0.5) is 16.4 Å². The summed E-state index contributed by atoms with van der Waals surface area (Å²) in [5.41, 5.74) is 5.78. The Morgan fingerprint density at radius 2 is 1.46 bits per heavy atom. The second-order valence-electron chi connectivity index (χ2n) is 6.33. The first-order valence-electron chi connectivity index (χ1n) is 8.65. The first kappa shape index (κ1) is 16.6. The molecule has 4 rings (SSSR count). The van der Waals surface area contributed by atoms with Crippen molar-refractivity contribution in [1.82, 2.24) is 4.98 Å². The molecule has 3 heteroatoms. The fourth-order valence-corrected chi connectivity index (χ4v) is 3.93. The molecule has 0 aliphatic rings. The standard InChI is InChI=1S/C23H20N2S/c1-17-8-12-21(13-9-17)25(20-6-4-3-5-7-20)23-15-14-22(26-23)19-11-10-18(2)24-16-19/h3-16H,1-2H3. The Labute approximate surface area is 158 Å². The first-order valence-corrected chi connectivity index (χ1v) is 9.47. The van der Waals surface area contributed by atoms with Gasteiger partial charge in [0, 0.05) is 33.7 Å². The fourth-order valence-electron chi connectivity index (χ4n) is 2.89. The summed E-state index contributed by atoms with van der Waals surface area (Å²) < 4.78 is 0. The number of nitrogens with zero attached hydrogens (tertiary/aromatic N) is 2. The summed E-state index contributed by atoms with van der Waals surface area (Å²) in [7, 11) is 0. The van der Waals surface area contributed by atoms with Crippen molar-refractivity contribution in [2.24, 2.45) is 0 Å². The van der Waals surface area contributed by atoms with Crippen LogP contribution in [0.25, 0.3) is 10.4 Å². The van der Waals surface area contributed by atoms with Crippen LogP contribution in [0.3, 0.4) is 0 Å². The molecule has 26 heavy (non-hydrogen) atoms. The molecule has 0 spiro atoms. The smallest absolute Gasteiger partial charge is 0.101 e. The molecule has 0 amide bonds. The van der Waals surface area contributed by atoms with E-state index < -0.39 is 0 Å². The van der Waals surface area contributed by atoms with E-state index in [9.17, 15) is 0 Å². The number of rotatable bonds is 4. The second-order valence-corrected chi connectivity index (χ2v) is 7.39. The van der Waals surface area contributed by atoms with Gasteiger partial charge in [-0.3, -0.25) is 4.98 Å². The zero-order chi connectivity index (χ0) is 17.9. The van der Waals surface area contributed by atoms with E-state index in [1.165, 1.54) is 15.4 Å². The van der Waals surface area contributed by atoms with Gasteiger partial charge in [-0.1, -0.05) is 42.0 Å². The van der Waals surface area contributed by atoms with Crippen LogP contribution in [0.1, 0.15) is 11.3 Å². The molecular formula is C23H20N2S. The predicted molar refractivity (Wildman–Crippen MR) is 112 cm³/mol. The molecule has 2 heterocycles. The third-order valence-corrected chi connectivity index (χ3v) is 5.43. The van der Waals surface area contributed by atoms with Crippen molar-refractivity contribution >= 4 is 27.7 Å². The summed E-state index contributed by atoms with van der Waals surface area (Å²) in [6, 6.07) is 27.7. The van der Waals surface area contributed by atoms with Crippen LogP contribution in [0, 0.1) is 13.8 Å². The Hall–Kier alpha value is -2.91. The Balaban J connectivity index is 1.77. The van der Waals surface area contributed by atoms with Crippen LogP contribution in [-0.4, -0.2) is 4.98 Å². The summed E-state index contributed by atoms with van der Waals surface area (Å²) in [4.78, 5) is 7.95. The Morgan fingerprint density at radius 1 is 0.731 bits per heavy atom. The molecule has 0 unspecified atom stereocenters. The number of hydrogen-bond donors (Lipinski definition) is 0. The van der Waals surface area contributed by atoms with E-state index in [-0.39, 0.29) is 0 Å². The van der Waals surface area contributed by atoms with E-state index in [2.05, 4.69) is 95.7 Å². The van der Waals surface area contributed by atoms with Crippen LogP contribution < -0.4 is 4.90 Å². The van der Waals surface area contributed by atoms with Crippen LogP contribution in [0.15, 0.2) is 85.1 Å². The van der Waals surface area contributed by atoms with Gasteiger partial charge in [0.15, 0.2) is 0 Å². The number of thiophene rings is 1. The van der Waals surface area contributed by atoms with Crippen LogP contribution >= 0.6 is 11.3 Å². The maximum absolute atomic E-state index is 4.43. The molecule has 0 fully saturated rings. The van der Waals surface area contributed by atoms with Gasteiger partial charge in [-0.15, -0.1) is 11.3 Å². The van der Waals surface area contributed by atoms with E-state index in [1.807, 2.05) is 13.1 Å². The lowest BCUT2D eigenvalue weighted by atomic mass is 10.2. The highest BCUT2D eigenvalue weighted by molar-refractivity contribution is 7.19. The molecule has 2 nitrogen and oxygen atoms in total. The Bertz CT molecular complexity index is 987. The van der Waals surface area contributed by atoms with Crippen molar-refractivity contribution in [2.45, 2.75) is 13.8 Å². The SMILES string of the molecule is Cc1ccc(N(c2ccccc2)c2ccc(-c3ccc(C)nc3)s2)cc1. The minimum Gasteiger partial charge on any atom is -0.302 e. The molecule has 128 valence electrons. The highest BCUT2D eigenvalue weighted by Crippen LogP contribution is 2.41. The van der Waals surface area contributed by atoms with Crippen molar-refractivity contribution in [3.63, 3.8) is 0 Å². The topological polar surface area (TPSA) is 16.1 Å². The number of para-hydroxylation sites is 1. The monoisotopic (exact) mass is 356 g/mol. The van der Waals surface area contributed by atoms with Gasteiger partial charge in [0.05, 0.1) is 0 Å². The average Bonchev–Trinajstić information content (AvgIpc) is 3.15. The largest absolute Gasteiger partial charge is 0.302 e. The van der Waals surface area contributed by atoms with Gasteiger partial charge in [0.1, 0.15) is 5.00 Å². The van der Waals surface area contributed by atoms with E-state index in [0.29, 0.717) is 0 Å². The molecule has 0 radical (unpaired) electrons. The van der Waals surface area contributed by atoms with Crippen molar-refractivity contribution in [3.8, 4) is 10.4 Å². The number of aromatic nitrogens is 1. The number of benzene rings is 2. The van der Waals surface area contributed by atoms with Gasteiger partial charge in [-0.2, -0.15) is 0 Å². The quantitative estimate of drug-likeness (QED) is 0.395. The summed E-state index contributed by atoms with van der Waals surface area (Å²) in [6.45, 7) is 4.13. The zero-order valence-corrected chi connectivity index (χ0v) is 15.7. The first-order chi connectivity index (χ1) is 12.7. The van der Waals surface area contributed by atoms with Crippen molar-refractivity contribution in [1.29, 1.82) is 0 Å². The van der Waals surface area contributed by atoms with Gasteiger partial charge in [0.2, 0.25) is 0 Å². The van der Waals surface area contributed by atoms with Gasteiger partial charge in [0.25, 0.3) is 0 Å². The molecule has 4 aromatic rings. The molecular weight excluding hydrogens is 336 g/mol. The minimum absolute atomic E-state index is 1.04. The lowest BCUT2D eigenvalue weighted by Crippen LogP contribution is -2.07. The van der Waals surface area contributed by atoms with E-state index >= 15 is 0 Å². The Kier molecular flexibility index (Phi) is 4.55. The molecule has 2 aromatic heterocycles. The number of pyridine rings is 1. The van der Waals surface area contributed by atoms with E-state index in [1.54, 1.807) is 11.3 Å². The van der Waals surface area contributed by atoms with Gasteiger partial charge in [-0.25, -0.2) is 0 Å². The summed E-state index contributed by atoms with van der Waals surface area (Å²) in [6.07, 6.45) is 1.95. The number of aryl methyl sites for hydroxylation is 2. The molecule has 0 saturated carbocycles. The van der Waals surface area contributed by atoms with E-state index in [4.69, 9.17) is 0 Å². The van der Waals surface area contributed by atoms with Crippen molar-refractivity contribution < 1.29 is 0 Å². The molecule has 2 aromatic carbocycles. The van der Waals surface area contributed by atoms with Gasteiger partial charge < -0.3 is 4.90 Å². The third-order valence-electron chi connectivity index (χ3n) is 4.31. The van der Waals surface area contributed by atoms with Crippen LogP contribution in [-0.2, 0) is 0 Å². The Morgan fingerprint density at radius 3 is 2.15 bits per heavy atom. The highest BCUT2D eigenvalue weighted by Gasteiger charge is 2.15. The number of anilines is 3. The normalized spacial score (nSPS) is 10.7. The zero-order valence-electron chi connectivity index (χ0n) is 14.9. The molecule has 0 aliphatic carbocycles. The summed E-state index contributed by atoms with van der Waals surface area (Å²) >= 11 is 1.78. The van der Waals surface area contributed by atoms with Crippen LogP contribution in [0.5, 0.6) is 0 Å². The predicted octanol–water partition coefficient (Wildman–Crippen LogP) is 6.90. The van der Waals surface area contributed by atoms with Gasteiger partial charge >= 0.3 is 0 Å². The lowest BCUT2D eigenvalue weighted by Gasteiger charge is -2.23. The highest BCUT2D eigenvalue weighted by atomic mass is 32.1. The molecule has 0 saturated heterocycles. The third kappa shape index (κ3) is 3.39. The van der Waals surface area contributed by atoms with Crippen LogP contribution in [0.2, 0.25) is 0 Å². The fraction of sp³-hybridized carbons (Fsp3) is 0.0870. The summed E-state index contributed by atoms with van der Waals surface area (Å²) in [5.74, 6) is 0. The van der Waals surface area contributed by atoms with Crippen molar-refractivity contribution in [2.75, 3.05) is 4.90 Å². The maximum atomic E-state index is 4.43.